The smallest absolute Gasteiger partial charge is 0.270 e. The average molecular weight is 339 g/mol. The molecule has 3 unspecified atom stereocenters. The SMILES string of the molecule is NS(=O)(=O)c1cc([N+](=O)[O-])ccc1NCCC1CC2CCC1C2. The van der Waals surface area contributed by atoms with E-state index in [1.54, 1.807) is 0 Å². The second-order valence-electron chi connectivity index (χ2n) is 6.63. The van der Waals surface area contributed by atoms with Gasteiger partial charge in [-0.3, -0.25) is 10.1 Å². The Hall–Kier alpha value is -1.67. The zero-order valence-corrected chi connectivity index (χ0v) is 13.6. The topological polar surface area (TPSA) is 115 Å². The van der Waals surface area contributed by atoms with Gasteiger partial charge < -0.3 is 5.32 Å². The Morgan fingerprint density at radius 2 is 2.09 bits per heavy atom. The highest BCUT2D eigenvalue weighted by Gasteiger charge is 2.38. The highest BCUT2D eigenvalue weighted by Crippen LogP contribution is 2.49. The molecule has 2 aliphatic rings. The fourth-order valence-corrected chi connectivity index (χ4v) is 4.86. The van der Waals surface area contributed by atoms with Crippen LogP contribution >= 0.6 is 0 Å². The number of non-ortho nitro benzene ring substituents is 1. The molecule has 8 heteroatoms. The van der Waals surface area contributed by atoms with E-state index in [0.29, 0.717) is 18.2 Å². The third-order valence-corrected chi connectivity index (χ3v) is 6.15. The summed E-state index contributed by atoms with van der Waals surface area (Å²) < 4.78 is 23.3. The van der Waals surface area contributed by atoms with E-state index in [1.807, 2.05) is 0 Å². The first-order chi connectivity index (χ1) is 10.8. The predicted molar refractivity (Wildman–Crippen MR) is 86.5 cm³/mol. The van der Waals surface area contributed by atoms with Crippen molar-refractivity contribution in [1.29, 1.82) is 0 Å². The van der Waals surface area contributed by atoms with Gasteiger partial charge in [-0.1, -0.05) is 6.42 Å². The summed E-state index contributed by atoms with van der Waals surface area (Å²) in [6.07, 6.45) is 6.27. The molecule has 2 aliphatic carbocycles. The zero-order valence-electron chi connectivity index (χ0n) is 12.8. The first-order valence-corrected chi connectivity index (χ1v) is 9.44. The van der Waals surface area contributed by atoms with Crippen LogP contribution < -0.4 is 10.5 Å². The predicted octanol–water partition coefficient (Wildman–Crippen LogP) is 2.48. The molecule has 0 heterocycles. The van der Waals surface area contributed by atoms with Gasteiger partial charge in [0.05, 0.1) is 10.6 Å². The highest BCUT2D eigenvalue weighted by atomic mass is 32.2. The van der Waals surface area contributed by atoms with E-state index < -0.39 is 14.9 Å². The van der Waals surface area contributed by atoms with Gasteiger partial charge in [-0.25, -0.2) is 13.6 Å². The van der Waals surface area contributed by atoms with E-state index in [0.717, 1.165) is 24.3 Å². The summed E-state index contributed by atoms with van der Waals surface area (Å²) in [5, 5.41) is 19.1. The largest absolute Gasteiger partial charge is 0.384 e. The molecule has 3 rings (SSSR count). The lowest BCUT2D eigenvalue weighted by molar-refractivity contribution is -0.385. The van der Waals surface area contributed by atoms with Gasteiger partial charge >= 0.3 is 0 Å². The minimum atomic E-state index is -4.01. The zero-order chi connectivity index (χ0) is 16.6. The van der Waals surface area contributed by atoms with Crippen molar-refractivity contribution in [3.8, 4) is 0 Å². The van der Waals surface area contributed by atoms with E-state index in [1.165, 1.54) is 37.8 Å². The number of primary sulfonamides is 1. The van der Waals surface area contributed by atoms with Crippen molar-refractivity contribution in [3.63, 3.8) is 0 Å². The number of sulfonamides is 1. The highest BCUT2D eigenvalue weighted by molar-refractivity contribution is 7.89. The maximum Gasteiger partial charge on any atom is 0.270 e. The van der Waals surface area contributed by atoms with Crippen LogP contribution in [-0.2, 0) is 10.0 Å². The van der Waals surface area contributed by atoms with Crippen molar-refractivity contribution in [2.24, 2.45) is 22.9 Å². The maximum absolute atomic E-state index is 11.7. The van der Waals surface area contributed by atoms with Gasteiger partial charge in [-0.2, -0.15) is 0 Å². The summed E-state index contributed by atoms with van der Waals surface area (Å²) in [5.41, 5.74) is 0.0499. The molecule has 0 radical (unpaired) electrons. The van der Waals surface area contributed by atoms with Crippen molar-refractivity contribution < 1.29 is 13.3 Å². The summed E-state index contributed by atoms with van der Waals surface area (Å²) in [6.45, 7) is 0.647. The first kappa shape index (κ1) is 16.2. The molecule has 7 nitrogen and oxygen atoms in total. The Kier molecular flexibility index (Phi) is 4.29. The van der Waals surface area contributed by atoms with Crippen LogP contribution in [0.3, 0.4) is 0 Å². The lowest BCUT2D eigenvalue weighted by Crippen LogP contribution is -2.18. The fraction of sp³-hybridized carbons (Fsp3) is 0.600. The molecule has 2 saturated carbocycles. The third-order valence-electron chi connectivity index (χ3n) is 5.20. The lowest BCUT2D eigenvalue weighted by atomic mass is 9.86. The summed E-state index contributed by atoms with van der Waals surface area (Å²) in [5.74, 6) is 2.40. The molecule has 1 aromatic rings. The molecule has 23 heavy (non-hydrogen) atoms. The van der Waals surface area contributed by atoms with Crippen LogP contribution in [0.1, 0.15) is 32.1 Å². The molecule has 0 saturated heterocycles. The molecule has 3 atom stereocenters. The van der Waals surface area contributed by atoms with Crippen molar-refractivity contribution in [2.75, 3.05) is 11.9 Å². The number of nitrogens with zero attached hydrogens (tertiary/aromatic N) is 1. The molecule has 3 N–H and O–H groups in total. The molecule has 0 amide bonds. The monoisotopic (exact) mass is 339 g/mol. The average Bonchev–Trinajstić information content (AvgIpc) is 3.09. The minimum Gasteiger partial charge on any atom is -0.384 e. The lowest BCUT2D eigenvalue weighted by Gasteiger charge is -2.22. The standard InChI is InChI=1S/C15H21N3O4S/c16-23(21,22)15-9-13(18(19)20)3-4-14(15)17-6-5-12-8-10-1-2-11(12)7-10/h3-4,9-12,17H,1-2,5-8H2,(H2,16,21,22). The van der Waals surface area contributed by atoms with Gasteiger partial charge in [-0.15, -0.1) is 0 Å². The summed E-state index contributed by atoms with van der Waals surface area (Å²) in [6, 6.07) is 3.71. The van der Waals surface area contributed by atoms with E-state index >= 15 is 0 Å². The molecule has 2 bridgehead atoms. The van der Waals surface area contributed by atoms with Gasteiger partial charge in [0, 0.05) is 18.7 Å². The van der Waals surface area contributed by atoms with E-state index in [4.69, 9.17) is 5.14 Å². The Balaban J connectivity index is 1.68. The van der Waals surface area contributed by atoms with Crippen LogP contribution in [-0.4, -0.2) is 19.9 Å². The Morgan fingerprint density at radius 1 is 1.30 bits per heavy atom. The minimum absolute atomic E-state index is 0.223. The van der Waals surface area contributed by atoms with E-state index in [2.05, 4.69) is 5.32 Å². The molecule has 0 aromatic heterocycles. The van der Waals surface area contributed by atoms with Crippen molar-refractivity contribution >= 4 is 21.4 Å². The van der Waals surface area contributed by atoms with Gasteiger partial charge in [-0.05, 0) is 49.5 Å². The molecular weight excluding hydrogens is 318 g/mol. The first-order valence-electron chi connectivity index (χ1n) is 7.89. The fourth-order valence-electron chi connectivity index (χ4n) is 4.13. The van der Waals surface area contributed by atoms with E-state index in [-0.39, 0.29) is 10.6 Å². The summed E-state index contributed by atoms with van der Waals surface area (Å²) in [4.78, 5) is 9.95. The number of hydrogen-bond acceptors (Lipinski definition) is 5. The molecular formula is C15H21N3O4S. The normalized spacial score (nSPS) is 26.4. The third kappa shape index (κ3) is 3.48. The number of fused-ring (bicyclic) bond motifs is 2. The van der Waals surface area contributed by atoms with E-state index in [9.17, 15) is 18.5 Å². The van der Waals surface area contributed by atoms with Crippen LogP contribution in [0.15, 0.2) is 23.1 Å². The van der Waals surface area contributed by atoms with Gasteiger partial charge in [0.15, 0.2) is 0 Å². The van der Waals surface area contributed by atoms with Crippen LogP contribution in [0.4, 0.5) is 11.4 Å². The van der Waals surface area contributed by atoms with Gasteiger partial charge in [0.1, 0.15) is 4.90 Å². The number of nitro groups is 1. The molecule has 1 aromatic carbocycles. The molecule has 126 valence electrons. The maximum atomic E-state index is 11.7. The van der Waals surface area contributed by atoms with Crippen LogP contribution in [0.2, 0.25) is 0 Å². The number of anilines is 1. The van der Waals surface area contributed by atoms with Crippen molar-refractivity contribution in [2.45, 2.75) is 37.0 Å². The second kappa shape index (κ2) is 6.09. The Bertz CT molecular complexity index is 719. The quantitative estimate of drug-likeness (QED) is 0.610. The van der Waals surface area contributed by atoms with Crippen molar-refractivity contribution in [3.05, 3.63) is 28.3 Å². The van der Waals surface area contributed by atoms with Gasteiger partial charge in [0.2, 0.25) is 10.0 Å². The number of benzene rings is 1. The Morgan fingerprint density at radius 3 is 2.65 bits per heavy atom. The second-order valence-corrected chi connectivity index (χ2v) is 8.16. The summed E-state index contributed by atoms with van der Waals surface area (Å²) >= 11 is 0. The number of hydrogen-bond donors (Lipinski definition) is 2. The van der Waals surface area contributed by atoms with Crippen LogP contribution in [0, 0.1) is 27.9 Å². The van der Waals surface area contributed by atoms with Crippen molar-refractivity contribution in [1.82, 2.24) is 0 Å². The van der Waals surface area contributed by atoms with Crippen LogP contribution in [0.25, 0.3) is 0 Å². The Labute approximate surface area is 135 Å². The molecule has 0 aliphatic heterocycles. The molecule has 2 fully saturated rings. The number of rotatable bonds is 6. The van der Waals surface area contributed by atoms with Crippen LogP contribution in [0.5, 0.6) is 0 Å². The number of nitro benzene ring substituents is 1. The number of nitrogens with one attached hydrogen (secondary N) is 1. The number of nitrogens with two attached hydrogens (primary N) is 1. The van der Waals surface area contributed by atoms with Gasteiger partial charge in [0.25, 0.3) is 5.69 Å². The molecule has 0 spiro atoms. The summed E-state index contributed by atoms with van der Waals surface area (Å²) in [7, 11) is -4.01.